The van der Waals surface area contributed by atoms with Gasteiger partial charge in [0.05, 0.1) is 17.8 Å². The number of aryl methyl sites for hydroxylation is 1. The Morgan fingerprint density at radius 2 is 2.44 bits per heavy atom. The SMILES string of the molecule is Cc1ncsc1CCOc1ccc(C=O)o1. The first-order valence-electron chi connectivity index (χ1n) is 4.86. The second kappa shape index (κ2) is 4.94. The highest BCUT2D eigenvalue weighted by Gasteiger charge is 2.04. The van der Waals surface area contributed by atoms with E-state index in [-0.39, 0.29) is 5.76 Å². The van der Waals surface area contributed by atoms with E-state index in [1.807, 2.05) is 12.4 Å². The fourth-order valence-electron chi connectivity index (χ4n) is 1.29. The van der Waals surface area contributed by atoms with E-state index in [0.717, 1.165) is 12.1 Å². The number of ether oxygens (including phenoxy) is 1. The number of furan rings is 1. The Morgan fingerprint density at radius 1 is 1.56 bits per heavy atom. The van der Waals surface area contributed by atoms with Gasteiger partial charge in [-0.25, -0.2) is 4.98 Å². The summed E-state index contributed by atoms with van der Waals surface area (Å²) in [7, 11) is 0. The van der Waals surface area contributed by atoms with Crippen molar-refractivity contribution in [1.82, 2.24) is 4.98 Å². The molecular formula is C11H11NO3S. The van der Waals surface area contributed by atoms with Crippen LogP contribution in [0.25, 0.3) is 0 Å². The van der Waals surface area contributed by atoms with E-state index < -0.39 is 0 Å². The predicted molar refractivity (Wildman–Crippen MR) is 60.1 cm³/mol. The third-order valence-electron chi connectivity index (χ3n) is 2.14. The van der Waals surface area contributed by atoms with Crippen molar-refractivity contribution < 1.29 is 13.9 Å². The molecule has 0 unspecified atom stereocenters. The molecule has 0 spiro atoms. The van der Waals surface area contributed by atoms with E-state index in [0.29, 0.717) is 18.8 Å². The molecule has 16 heavy (non-hydrogen) atoms. The van der Waals surface area contributed by atoms with Crippen LogP contribution in [0.15, 0.2) is 22.1 Å². The Balaban J connectivity index is 1.84. The molecule has 0 bridgehead atoms. The van der Waals surface area contributed by atoms with Gasteiger partial charge in [0.1, 0.15) is 0 Å². The van der Waals surface area contributed by atoms with Crippen LogP contribution in [-0.4, -0.2) is 17.9 Å². The lowest BCUT2D eigenvalue weighted by molar-refractivity contribution is 0.109. The number of rotatable bonds is 5. The minimum absolute atomic E-state index is 0.281. The highest BCUT2D eigenvalue weighted by Crippen LogP contribution is 2.16. The molecule has 0 saturated heterocycles. The maximum Gasteiger partial charge on any atom is 0.284 e. The smallest absolute Gasteiger partial charge is 0.284 e. The highest BCUT2D eigenvalue weighted by molar-refractivity contribution is 7.09. The summed E-state index contributed by atoms with van der Waals surface area (Å²) in [4.78, 5) is 15.7. The van der Waals surface area contributed by atoms with Crippen LogP contribution in [0.4, 0.5) is 0 Å². The van der Waals surface area contributed by atoms with Crippen molar-refractivity contribution >= 4 is 17.6 Å². The number of hydrogen-bond acceptors (Lipinski definition) is 5. The normalized spacial score (nSPS) is 10.3. The maximum atomic E-state index is 10.4. The van der Waals surface area contributed by atoms with Crippen LogP contribution in [0.2, 0.25) is 0 Å². The van der Waals surface area contributed by atoms with Crippen LogP contribution in [-0.2, 0) is 6.42 Å². The van der Waals surface area contributed by atoms with Gasteiger partial charge in [-0.3, -0.25) is 4.79 Å². The summed E-state index contributed by atoms with van der Waals surface area (Å²) in [6.45, 7) is 2.50. The van der Waals surface area contributed by atoms with Gasteiger partial charge in [0.15, 0.2) is 12.0 Å². The lowest BCUT2D eigenvalue weighted by Gasteiger charge is -2.01. The largest absolute Gasteiger partial charge is 0.465 e. The molecule has 2 heterocycles. The molecule has 0 N–H and O–H groups in total. The Bertz CT molecular complexity index is 475. The van der Waals surface area contributed by atoms with Gasteiger partial charge in [-0.1, -0.05) is 0 Å². The summed E-state index contributed by atoms with van der Waals surface area (Å²) in [6.07, 6.45) is 1.45. The molecule has 0 aromatic carbocycles. The second-order valence-corrected chi connectivity index (χ2v) is 4.17. The molecule has 2 aromatic rings. The summed E-state index contributed by atoms with van der Waals surface area (Å²) < 4.78 is 10.5. The molecule has 2 rings (SSSR count). The van der Waals surface area contributed by atoms with Gasteiger partial charge in [0, 0.05) is 17.4 Å². The molecule has 4 nitrogen and oxygen atoms in total. The third-order valence-corrected chi connectivity index (χ3v) is 3.13. The Hall–Kier alpha value is -1.62. The number of nitrogens with zero attached hydrogens (tertiary/aromatic N) is 1. The van der Waals surface area contributed by atoms with Crippen LogP contribution in [0, 0.1) is 6.92 Å². The zero-order chi connectivity index (χ0) is 11.4. The van der Waals surface area contributed by atoms with Crippen molar-refractivity contribution in [2.45, 2.75) is 13.3 Å². The Labute approximate surface area is 96.9 Å². The van der Waals surface area contributed by atoms with Crippen molar-refractivity contribution in [3.63, 3.8) is 0 Å². The quantitative estimate of drug-likeness (QED) is 0.750. The lowest BCUT2D eigenvalue weighted by Crippen LogP contribution is -2.00. The van der Waals surface area contributed by atoms with E-state index in [1.165, 1.54) is 4.88 Å². The van der Waals surface area contributed by atoms with Crippen LogP contribution in [0.3, 0.4) is 0 Å². The van der Waals surface area contributed by atoms with Gasteiger partial charge in [0.2, 0.25) is 0 Å². The lowest BCUT2D eigenvalue weighted by atomic mass is 10.3. The number of carbonyl (C=O) groups excluding carboxylic acids is 1. The minimum atomic E-state index is 0.281. The fourth-order valence-corrected chi connectivity index (χ4v) is 2.05. The first-order valence-corrected chi connectivity index (χ1v) is 5.74. The predicted octanol–water partition coefficient (Wildman–Crippen LogP) is 2.48. The van der Waals surface area contributed by atoms with Gasteiger partial charge in [0.25, 0.3) is 5.95 Å². The first-order chi connectivity index (χ1) is 7.79. The molecule has 0 amide bonds. The molecule has 0 atom stereocenters. The average molecular weight is 237 g/mol. The van der Waals surface area contributed by atoms with Gasteiger partial charge in [-0.15, -0.1) is 11.3 Å². The summed E-state index contributed by atoms with van der Waals surface area (Å²) in [5.41, 5.74) is 2.86. The fraction of sp³-hybridized carbons (Fsp3) is 0.273. The summed E-state index contributed by atoms with van der Waals surface area (Å²) >= 11 is 1.62. The number of thiazole rings is 1. The van der Waals surface area contributed by atoms with Crippen molar-refractivity contribution in [3.05, 3.63) is 34.0 Å². The van der Waals surface area contributed by atoms with Gasteiger partial charge < -0.3 is 9.15 Å². The molecule has 0 radical (unpaired) electrons. The van der Waals surface area contributed by atoms with Crippen LogP contribution in [0.1, 0.15) is 21.1 Å². The van der Waals surface area contributed by atoms with E-state index in [2.05, 4.69) is 4.98 Å². The van der Waals surface area contributed by atoms with Gasteiger partial charge >= 0.3 is 0 Å². The molecule has 2 aromatic heterocycles. The molecule has 0 fully saturated rings. The van der Waals surface area contributed by atoms with E-state index in [4.69, 9.17) is 9.15 Å². The third kappa shape index (κ3) is 2.49. The summed E-state index contributed by atoms with van der Waals surface area (Å²) in [5.74, 6) is 0.660. The molecule has 5 heteroatoms. The average Bonchev–Trinajstić information content (AvgIpc) is 2.89. The van der Waals surface area contributed by atoms with Crippen LogP contribution < -0.4 is 4.74 Å². The number of hydrogen-bond donors (Lipinski definition) is 0. The highest BCUT2D eigenvalue weighted by atomic mass is 32.1. The summed E-state index contributed by atoms with van der Waals surface area (Å²) in [6, 6.07) is 3.23. The number of carbonyl (C=O) groups is 1. The van der Waals surface area contributed by atoms with E-state index in [1.54, 1.807) is 23.5 Å². The van der Waals surface area contributed by atoms with Crippen molar-refractivity contribution in [1.29, 1.82) is 0 Å². The van der Waals surface area contributed by atoms with Gasteiger partial charge in [-0.05, 0) is 13.0 Å². The van der Waals surface area contributed by atoms with E-state index in [9.17, 15) is 4.79 Å². The molecule has 0 aliphatic heterocycles. The molecule has 0 aliphatic carbocycles. The van der Waals surface area contributed by atoms with E-state index >= 15 is 0 Å². The zero-order valence-electron chi connectivity index (χ0n) is 8.80. The monoisotopic (exact) mass is 237 g/mol. The van der Waals surface area contributed by atoms with Crippen molar-refractivity contribution in [2.24, 2.45) is 0 Å². The standard InChI is InChI=1S/C11H11NO3S/c1-8-10(16-7-12-8)4-5-14-11-3-2-9(6-13)15-11/h2-3,6-7H,4-5H2,1H3. The van der Waals surface area contributed by atoms with Crippen LogP contribution >= 0.6 is 11.3 Å². The van der Waals surface area contributed by atoms with Gasteiger partial charge in [-0.2, -0.15) is 0 Å². The van der Waals surface area contributed by atoms with Crippen molar-refractivity contribution in [2.75, 3.05) is 6.61 Å². The topological polar surface area (TPSA) is 52.3 Å². The minimum Gasteiger partial charge on any atom is -0.465 e. The maximum absolute atomic E-state index is 10.4. The Kier molecular flexibility index (Phi) is 3.36. The summed E-state index contributed by atoms with van der Waals surface area (Å²) in [5, 5.41) is 0. The van der Waals surface area contributed by atoms with Crippen molar-refractivity contribution in [3.8, 4) is 5.95 Å². The number of aromatic nitrogens is 1. The zero-order valence-corrected chi connectivity index (χ0v) is 9.62. The molecule has 84 valence electrons. The first kappa shape index (κ1) is 10.9. The molecule has 0 aliphatic rings. The van der Waals surface area contributed by atoms with Crippen LogP contribution in [0.5, 0.6) is 5.95 Å². The Morgan fingerprint density at radius 3 is 3.06 bits per heavy atom. The second-order valence-electron chi connectivity index (χ2n) is 3.23. The molecular weight excluding hydrogens is 226 g/mol. The number of aldehydes is 1. The molecule has 0 saturated carbocycles.